The first-order valence-corrected chi connectivity index (χ1v) is 15.0. The molecular formula is C30H30NOPS. The SMILES string of the molecule is CC1(C)[C@H]2C=C(P(=S)(c3ccccc3)c3ccccc3)[C@@]1(C1=N[C@@H](c3ccccc3)CO1)CC2. The van der Waals surface area contributed by atoms with Crippen LogP contribution in [0.4, 0.5) is 0 Å². The normalized spacial score (nSPS) is 27.2. The van der Waals surface area contributed by atoms with Crippen molar-refractivity contribution in [3.05, 3.63) is 108 Å². The van der Waals surface area contributed by atoms with E-state index in [-0.39, 0.29) is 16.9 Å². The van der Waals surface area contributed by atoms with Crippen LogP contribution in [-0.2, 0) is 16.5 Å². The highest BCUT2D eigenvalue weighted by Gasteiger charge is 2.66. The molecule has 1 fully saturated rings. The summed E-state index contributed by atoms with van der Waals surface area (Å²) < 4.78 is 6.54. The number of rotatable bonds is 5. The van der Waals surface area contributed by atoms with Crippen molar-refractivity contribution in [1.29, 1.82) is 0 Å². The number of ether oxygens (including phenoxy) is 1. The summed E-state index contributed by atoms with van der Waals surface area (Å²) in [7, 11) is 0. The van der Waals surface area contributed by atoms with Gasteiger partial charge < -0.3 is 4.74 Å². The second kappa shape index (κ2) is 8.04. The number of fused-ring (bicyclic) bond motifs is 2. The van der Waals surface area contributed by atoms with Gasteiger partial charge in [-0.1, -0.05) is 123 Å². The molecular weight excluding hydrogens is 453 g/mol. The molecule has 3 atom stereocenters. The molecule has 0 spiro atoms. The van der Waals surface area contributed by atoms with E-state index in [4.69, 9.17) is 21.5 Å². The molecule has 1 saturated carbocycles. The molecule has 3 aliphatic rings. The van der Waals surface area contributed by atoms with Crippen LogP contribution in [0.1, 0.15) is 38.3 Å². The second-order valence-corrected chi connectivity index (χ2v) is 14.7. The van der Waals surface area contributed by atoms with Gasteiger partial charge in [-0.2, -0.15) is 0 Å². The monoisotopic (exact) mass is 483 g/mol. The van der Waals surface area contributed by atoms with E-state index in [0.717, 1.165) is 18.7 Å². The van der Waals surface area contributed by atoms with Crippen molar-refractivity contribution in [2.45, 2.75) is 32.7 Å². The molecule has 0 amide bonds. The Hall–Kier alpha value is -2.48. The zero-order valence-corrected chi connectivity index (χ0v) is 21.4. The molecule has 1 aliphatic heterocycles. The number of hydrogen-bond acceptors (Lipinski definition) is 3. The van der Waals surface area contributed by atoms with Gasteiger partial charge in [0.1, 0.15) is 12.6 Å². The lowest BCUT2D eigenvalue weighted by Gasteiger charge is -2.43. The standard InChI is InChI=1S/C30H30NOPS/c1-29(2)23-18-19-30(29,28-31-26(21-32-28)22-12-6-3-7-13-22)27(20-23)33(34,24-14-8-4-9-15-24)25-16-10-5-11-17-25/h3-17,20,23,26H,18-19,21H2,1-2H3/t23-,26-,30-/m1/s1. The summed E-state index contributed by atoms with van der Waals surface area (Å²) in [5, 5.41) is 3.90. The largest absolute Gasteiger partial charge is 0.478 e. The van der Waals surface area contributed by atoms with Crippen molar-refractivity contribution in [3.8, 4) is 0 Å². The van der Waals surface area contributed by atoms with Crippen LogP contribution in [-0.4, -0.2) is 12.5 Å². The van der Waals surface area contributed by atoms with Crippen LogP contribution < -0.4 is 10.6 Å². The Morgan fingerprint density at radius 2 is 1.41 bits per heavy atom. The highest BCUT2D eigenvalue weighted by atomic mass is 32.4. The van der Waals surface area contributed by atoms with E-state index in [0.29, 0.717) is 12.5 Å². The van der Waals surface area contributed by atoms with E-state index in [1.165, 1.54) is 21.5 Å². The van der Waals surface area contributed by atoms with Gasteiger partial charge in [0, 0.05) is 6.04 Å². The molecule has 3 aromatic rings. The molecule has 0 unspecified atom stereocenters. The van der Waals surface area contributed by atoms with E-state index < -0.39 is 6.04 Å². The van der Waals surface area contributed by atoms with Gasteiger partial charge in [-0.15, -0.1) is 0 Å². The summed E-state index contributed by atoms with van der Waals surface area (Å²) in [5.41, 5.74) is 0.971. The summed E-state index contributed by atoms with van der Waals surface area (Å²) in [4.78, 5) is 5.28. The van der Waals surface area contributed by atoms with E-state index in [1.807, 2.05) is 0 Å². The Kier molecular flexibility index (Phi) is 5.20. The summed E-state index contributed by atoms with van der Waals surface area (Å²) >= 11 is 6.82. The molecule has 6 rings (SSSR count). The molecule has 172 valence electrons. The van der Waals surface area contributed by atoms with Crippen LogP contribution in [0.15, 0.2) is 107 Å². The lowest BCUT2D eigenvalue weighted by molar-refractivity contribution is 0.184. The molecule has 4 heteroatoms. The molecule has 2 bridgehead atoms. The van der Waals surface area contributed by atoms with Crippen LogP contribution in [0.3, 0.4) is 0 Å². The number of aliphatic imine (C=N–C) groups is 1. The summed E-state index contributed by atoms with van der Waals surface area (Å²) in [6, 6.07) is 29.9. The number of nitrogens with zero attached hydrogens (tertiary/aromatic N) is 1. The van der Waals surface area contributed by atoms with Gasteiger partial charge in [-0.25, -0.2) is 4.99 Å². The van der Waals surface area contributed by atoms with Crippen molar-refractivity contribution in [1.82, 2.24) is 0 Å². The van der Waals surface area contributed by atoms with Crippen molar-refractivity contribution >= 4 is 34.4 Å². The van der Waals surface area contributed by atoms with Crippen LogP contribution in [0.2, 0.25) is 0 Å². The van der Waals surface area contributed by atoms with Crippen molar-refractivity contribution < 1.29 is 4.74 Å². The number of benzene rings is 3. The summed E-state index contributed by atoms with van der Waals surface area (Å²) in [5.74, 6) is 1.40. The predicted octanol–water partition coefficient (Wildman–Crippen LogP) is 6.61. The Morgan fingerprint density at radius 3 is 1.97 bits per heavy atom. The van der Waals surface area contributed by atoms with Crippen molar-refractivity contribution in [2.75, 3.05) is 6.61 Å². The molecule has 3 aromatic carbocycles. The first-order chi connectivity index (χ1) is 16.5. The Morgan fingerprint density at radius 1 is 0.853 bits per heavy atom. The topological polar surface area (TPSA) is 21.6 Å². The average Bonchev–Trinajstić information content (AvgIpc) is 3.55. The van der Waals surface area contributed by atoms with Gasteiger partial charge in [0.05, 0.1) is 5.41 Å². The molecule has 34 heavy (non-hydrogen) atoms. The third-order valence-electron chi connectivity index (χ3n) is 8.43. The van der Waals surface area contributed by atoms with Crippen LogP contribution in [0.25, 0.3) is 0 Å². The quantitative estimate of drug-likeness (QED) is 0.381. The highest BCUT2D eigenvalue weighted by molar-refractivity contribution is 8.24. The van der Waals surface area contributed by atoms with Gasteiger partial charge >= 0.3 is 0 Å². The van der Waals surface area contributed by atoms with Crippen LogP contribution in [0, 0.1) is 16.7 Å². The van der Waals surface area contributed by atoms with E-state index >= 15 is 0 Å². The van der Waals surface area contributed by atoms with Gasteiger partial charge in [0.25, 0.3) is 0 Å². The lowest BCUT2D eigenvalue weighted by Crippen LogP contribution is -2.42. The fourth-order valence-corrected chi connectivity index (χ4v) is 11.3. The third kappa shape index (κ3) is 3.00. The van der Waals surface area contributed by atoms with Crippen molar-refractivity contribution in [2.24, 2.45) is 21.7 Å². The average molecular weight is 484 g/mol. The zero-order valence-electron chi connectivity index (χ0n) is 19.7. The van der Waals surface area contributed by atoms with Crippen molar-refractivity contribution in [3.63, 3.8) is 0 Å². The Balaban J connectivity index is 1.55. The minimum Gasteiger partial charge on any atom is -0.478 e. The highest BCUT2D eigenvalue weighted by Crippen LogP contribution is 2.75. The fourth-order valence-electron chi connectivity index (χ4n) is 6.48. The second-order valence-electron chi connectivity index (χ2n) is 10.3. The first-order valence-electron chi connectivity index (χ1n) is 12.2. The predicted molar refractivity (Wildman–Crippen MR) is 146 cm³/mol. The molecule has 2 nitrogen and oxygen atoms in total. The van der Waals surface area contributed by atoms with E-state index in [1.54, 1.807) is 0 Å². The zero-order chi connectivity index (χ0) is 23.4. The molecule has 0 saturated heterocycles. The van der Waals surface area contributed by atoms with Gasteiger partial charge in [-0.05, 0) is 45.7 Å². The molecule has 0 N–H and O–H groups in total. The van der Waals surface area contributed by atoms with Gasteiger partial charge in [0.2, 0.25) is 0 Å². The lowest BCUT2D eigenvalue weighted by atomic mass is 9.68. The van der Waals surface area contributed by atoms with Gasteiger partial charge in [-0.3, -0.25) is 0 Å². The third-order valence-corrected chi connectivity index (χ3v) is 13.5. The Bertz CT molecular complexity index is 1270. The molecule has 0 aromatic heterocycles. The maximum absolute atomic E-state index is 6.82. The Labute approximate surface area is 207 Å². The number of allylic oxidation sites excluding steroid dienone is 1. The minimum atomic E-state index is -2.27. The summed E-state index contributed by atoms with van der Waals surface area (Å²) in [6.07, 6.45) is 4.74. The van der Waals surface area contributed by atoms with E-state index in [2.05, 4.69) is 111 Å². The molecule has 0 radical (unpaired) electrons. The van der Waals surface area contributed by atoms with Crippen LogP contribution in [0.5, 0.6) is 0 Å². The smallest absolute Gasteiger partial charge is 0.195 e. The first kappa shape index (κ1) is 22.0. The summed E-state index contributed by atoms with van der Waals surface area (Å²) in [6.45, 7) is 5.42. The van der Waals surface area contributed by atoms with Crippen LogP contribution >= 0.6 is 6.04 Å². The van der Waals surface area contributed by atoms with Gasteiger partial charge in [0.15, 0.2) is 5.90 Å². The maximum Gasteiger partial charge on any atom is 0.195 e. The maximum atomic E-state index is 6.82. The number of hydrogen-bond donors (Lipinski definition) is 0. The fraction of sp³-hybridized carbons (Fsp3) is 0.300. The minimum absolute atomic E-state index is 0.0143. The molecule has 1 heterocycles. The van der Waals surface area contributed by atoms with E-state index in [9.17, 15) is 0 Å². The molecule has 2 aliphatic carbocycles.